The molecule has 0 saturated carbocycles. The van der Waals surface area contributed by atoms with Crippen LogP contribution in [0.15, 0.2) is 38.8 Å². The van der Waals surface area contributed by atoms with Gasteiger partial charge in [0.05, 0.1) is 0 Å². The second kappa shape index (κ2) is 6.03. The molecule has 0 aliphatic carbocycles. The molecule has 0 aliphatic rings. The predicted molar refractivity (Wildman–Crippen MR) is 82.4 cm³/mol. The van der Waals surface area contributed by atoms with E-state index in [1.165, 1.54) is 0 Å². The van der Waals surface area contributed by atoms with Crippen LogP contribution >= 0.6 is 27.7 Å². The Balaban J connectivity index is 2.39. The van der Waals surface area contributed by atoms with Crippen molar-refractivity contribution in [3.63, 3.8) is 0 Å². The van der Waals surface area contributed by atoms with Gasteiger partial charge < -0.3 is 5.73 Å². The molecule has 19 heavy (non-hydrogen) atoms. The summed E-state index contributed by atoms with van der Waals surface area (Å²) in [7, 11) is 0. The van der Waals surface area contributed by atoms with E-state index in [1.54, 1.807) is 11.8 Å². The highest BCUT2D eigenvalue weighted by Crippen LogP contribution is 2.33. The van der Waals surface area contributed by atoms with Crippen LogP contribution in [0.4, 0.5) is 0 Å². The zero-order chi connectivity index (χ0) is 14.0. The molecule has 0 aliphatic heterocycles. The smallest absolute Gasteiger partial charge is 0.192 e. The lowest BCUT2D eigenvalue weighted by molar-refractivity contribution is 0.795. The number of nitrogens with zero attached hydrogens (tertiary/aromatic N) is 2. The molecule has 1 aromatic heterocycles. The quantitative estimate of drug-likeness (QED) is 0.859. The van der Waals surface area contributed by atoms with Crippen molar-refractivity contribution in [2.75, 3.05) is 0 Å². The fourth-order valence-electron chi connectivity index (χ4n) is 1.81. The van der Waals surface area contributed by atoms with Crippen LogP contribution < -0.4 is 5.73 Å². The number of aryl methyl sites for hydroxylation is 2. The van der Waals surface area contributed by atoms with Crippen molar-refractivity contribution in [3.8, 4) is 0 Å². The van der Waals surface area contributed by atoms with Crippen molar-refractivity contribution in [1.29, 1.82) is 0 Å². The van der Waals surface area contributed by atoms with Crippen LogP contribution in [0.2, 0.25) is 0 Å². The van der Waals surface area contributed by atoms with Gasteiger partial charge >= 0.3 is 0 Å². The number of aromatic nitrogens is 2. The molecule has 3 nitrogen and oxygen atoms in total. The SMILES string of the molecule is Cc1cc(C)nc(Sc2cc(Br)ccc2C(C)N)n1. The summed E-state index contributed by atoms with van der Waals surface area (Å²) in [6.07, 6.45) is 0. The number of benzene rings is 1. The lowest BCUT2D eigenvalue weighted by Gasteiger charge is -2.12. The highest BCUT2D eigenvalue weighted by molar-refractivity contribution is 9.10. The van der Waals surface area contributed by atoms with Crippen molar-refractivity contribution < 1.29 is 0 Å². The number of nitrogens with two attached hydrogens (primary N) is 1. The standard InChI is InChI=1S/C14H16BrN3S/c1-8-6-9(2)18-14(17-8)19-13-7-11(15)4-5-12(13)10(3)16/h4-7,10H,16H2,1-3H3. The Hall–Kier alpha value is -0.910. The third-order valence-electron chi connectivity index (χ3n) is 2.63. The van der Waals surface area contributed by atoms with Crippen molar-refractivity contribution in [2.24, 2.45) is 5.73 Å². The molecule has 5 heteroatoms. The lowest BCUT2D eigenvalue weighted by atomic mass is 10.1. The van der Waals surface area contributed by atoms with E-state index < -0.39 is 0 Å². The van der Waals surface area contributed by atoms with Crippen LogP contribution in [0.5, 0.6) is 0 Å². The third-order valence-corrected chi connectivity index (χ3v) is 4.06. The van der Waals surface area contributed by atoms with Crippen LogP contribution in [-0.2, 0) is 0 Å². The molecule has 2 N–H and O–H groups in total. The third kappa shape index (κ3) is 3.78. The van der Waals surface area contributed by atoms with E-state index in [-0.39, 0.29) is 6.04 Å². The summed E-state index contributed by atoms with van der Waals surface area (Å²) in [6, 6.07) is 8.06. The second-order valence-corrected chi connectivity index (χ2v) is 6.43. The summed E-state index contributed by atoms with van der Waals surface area (Å²) in [5, 5.41) is 0.762. The minimum absolute atomic E-state index is 0.0125. The molecule has 1 aromatic carbocycles. The summed E-state index contributed by atoms with van der Waals surface area (Å²) < 4.78 is 1.03. The molecule has 1 atom stereocenters. The number of hydrogen-bond acceptors (Lipinski definition) is 4. The number of rotatable bonds is 3. The molecule has 0 bridgehead atoms. The molecule has 1 heterocycles. The first kappa shape index (κ1) is 14.5. The molecule has 0 spiro atoms. The molecule has 0 amide bonds. The fourth-order valence-corrected chi connectivity index (χ4v) is 3.46. The summed E-state index contributed by atoms with van der Waals surface area (Å²) >= 11 is 5.05. The largest absolute Gasteiger partial charge is 0.324 e. The van der Waals surface area contributed by atoms with Gasteiger partial charge in [0.1, 0.15) is 0 Å². The van der Waals surface area contributed by atoms with E-state index in [1.807, 2.05) is 39.0 Å². The van der Waals surface area contributed by atoms with E-state index in [9.17, 15) is 0 Å². The van der Waals surface area contributed by atoms with E-state index in [2.05, 4.69) is 32.0 Å². The van der Waals surface area contributed by atoms with Gasteiger partial charge in [-0.1, -0.05) is 22.0 Å². The molecule has 0 radical (unpaired) electrons. The molecule has 0 fully saturated rings. The minimum Gasteiger partial charge on any atom is -0.324 e. The Morgan fingerprint density at radius 3 is 2.37 bits per heavy atom. The molecule has 1 unspecified atom stereocenters. The highest BCUT2D eigenvalue weighted by Gasteiger charge is 2.11. The van der Waals surface area contributed by atoms with Gasteiger partial charge in [-0.15, -0.1) is 0 Å². The zero-order valence-electron chi connectivity index (χ0n) is 11.1. The highest BCUT2D eigenvalue weighted by atomic mass is 79.9. The number of hydrogen-bond donors (Lipinski definition) is 1. The minimum atomic E-state index is -0.0125. The van der Waals surface area contributed by atoms with E-state index >= 15 is 0 Å². The summed E-state index contributed by atoms with van der Waals surface area (Å²) in [5.74, 6) is 0. The van der Waals surface area contributed by atoms with Crippen LogP contribution in [-0.4, -0.2) is 9.97 Å². The number of halogens is 1. The lowest BCUT2D eigenvalue weighted by Crippen LogP contribution is -2.06. The molecule has 2 aromatic rings. The summed E-state index contributed by atoms with van der Waals surface area (Å²) in [4.78, 5) is 10.0. The maximum Gasteiger partial charge on any atom is 0.192 e. The summed E-state index contributed by atoms with van der Waals surface area (Å²) in [6.45, 7) is 5.94. The fraction of sp³-hybridized carbons (Fsp3) is 0.286. The van der Waals surface area contributed by atoms with Gasteiger partial charge in [-0.05, 0) is 56.3 Å². The van der Waals surface area contributed by atoms with Gasteiger partial charge in [0.15, 0.2) is 5.16 Å². The molecular formula is C14H16BrN3S. The Labute approximate surface area is 126 Å². The van der Waals surface area contributed by atoms with E-state index in [4.69, 9.17) is 5.73 Å². The monoisotopic (exact) mass is 337 g/mol. The van der Waals surface area contributed by atoms with Crippen LogP contribution in [0.3, 0.4) is 0 Å². The van der Waals surface area contributed by atoms with Crippen molar-refractivity contribution in [3.05, 3.63) is 45.7 Å². The van der Waals surface area contributed by atoms with Gasteiger partial charge in [0.25, 0.3) is 0 Å². The second-order valence-electron chi connectivity index (χ2n) is 4.51. The predicted octanol–water partition coefficient (Wildman–Crippen LogP) is 4.03. The van der Waals surface area contributed by atoms with E-state index in [0.29, 0.717) is 0 Å². The Kier molecular flexibility index (Phi) is 4.60. The first-order valence-electron chi connectivity index (χ1n) is 6.01. The van der Waals surface area contributed by atoms with E-state index in [0.717, 1.165) is 31.5 Å². The Morgan fingerprint density at radius 2 is 1.79 bits per heavy atom. The first-order chi connectivity index (χ1) is 8.95. The van der Waals surface area contributed by atoms with Crippen LogP contribution in [0.1, 0.15) is 29.9 Å². The van der Waals surface area contributed by atoms with Gasteiger partial charge in [-0.25, -0.2) is 9.97 Å². The van der Waals surface area contributed by atoms with Gasteiger partial charge in [0.2, 0.25) is 0 Å². The van der Waals surface area contributed by atoms with Crippen LogP contribution in [0.25, 0.3) is 0 Å². The first-order valence-corrected chi connectivity index (χ1v) is 7.62. The molecule has 100 valence electrons. The summed E-state index contributed by atoms with van der Waals surface area (Å²) in [5.41, 5.74) is 9.07. The Bertz CT molecular complexity index is 579. The van der Waals surface area contributed by atoms with Crippen molar-refractivity contribution >= 4 is 27.7 Å². The van der Waals surface area contributed by atoms with Crippen molar-refractivity contribution in [2.45, 2.75) is 36.9 Å². The Morgan fingerprint density at radius 1 is 1.16 bits per heavy atom. The normalized spacial score (nSPS) is 12.5. The average molecular weight is 338 g/mol. The van der Waals surface area contributed by atoms with Crippen molar-refractivity contribution in [1.82, 2.24) is 9.97 Å². The van der Waals surface area contributed by atoms with Gasteiger partial charge in [-0.2, -0.15) is 0 Å². The van der Waals surface area contributed by atoms with Gasteiger partial charge in [-0.3, -0.25) is 0 Å². The average Bonchev–Trinajstić information content (AvgIpc) is 2.26. The molecule has 2 rings (SSSR count). The molecule has 0 saturated heterocycles. The zero-order valence-corrected chi connectivity index (χ0v) is 13.5. The van der Waals surface area contributed by atoms with Gasteiger partial charge in [0, 0.05) is 26.8 Å². The molecular weight excluding hydrogens is 322 g/mol. The maximum atomic E-state index is 6.01. The van der Waals surface area contributed by atoms with Crippen LogP contribution in [0, 0.1) is 13.8 Å². The topological polar surface area (TPSA) is 51.8 Å². The maximum absolute atomic E-state index is 6.01.